The van der Waals surface area contributed by atoms with Gasteiger partial charge in [0.25, 0.3) is 0 Å². The molecule has 1 aromatic rings. The van der Waals surface area contributed by atoms with E-state index < -0.39 is 0 Å². The number of hydrogen-bond acceptors (Lipinski definition) is 2. The Hall–Kier alpha value is -0.310. The van der Waals surface area contributed by atoms with Gasteiger partial charge in [-0.05, 0) is 18.6 Å². The Labute approximate surface area is 79.0 Å². The fourth-order valence-corrected chi connectivity index (χ4v) is 0.645. The maximum absolute atomic E-state index is 5.57. The van der Waals surface area contributed by atoms with Crippen LogP contribution in [0.15, 0.2) is 24.5 Å². The summed E-state index contributed by atoms with van der Waals surface area (Å²) in [6.07, 6.45) is 3.52. The zero-order chi connectivity index (χ0) is 6.69. The van der Waals surface area contributed by atoms with Crippen molar-refractivity contribution in [3.05, 3.63) is 30.1 Å². The van der Waals surface area contributed by atoms with Gasteiger partial charge in [0.05, 0.1) is 0 Å². The summed E-state index contributed by atoms with van der Waals surface area (Å²) in [4.78, 5) is 3.93. The van der Waals surface area contributed by atoms with Gasteiger partial charge < -0.3 is 5.73 Å². The van der Waals surface area contributed by atoms with Crippen molar-refractivity contribution < 1.29 is 0 Å². The molecular weight excluding hydrogens is 183 g/mol. The lowest BCUT2D eigenvalue weighted by molar-refractivity contribution is 0.811. The van der Waals surface area contributed by atoms with Crippen LogP contribution in [0, 0.1) is 0 Å². The predicted octanol–water partition coefficient (Wildman–Crippen LogP) is 1.94. The summed E-state index contributed by atoms with van der Waals surface area (Å²) in [5, 5.41) is 0. The SMILES string of the molecule is CC(N)c1cccnc1.Cl.Cl. The Morgan fingerprint density at radius 2 is 2.09 bits per heavy atom. The summed E-state index contributed by atoms with van der Waals surface area (Å²) in [7, 11) is 0. The van der Waals surface area contributed by atoms with Crippen LogP contribution in [0.1, 0.15) is 18.5 Å². The molecule has 0 spiro atoms. The maximum atomic E-state index is 5.57. The molecule has 0 aromatic carbocycles. The van der Waals surface area contributed by atoms with Crippen molar-refractivity contribution in [2.45, 2.75) is 13.0 Å². The van der Waals surface area contributed by atoms with Crippen molar-refractivity contribution in [1.29, 1.82) is 0 Å². The van der Waals surface area contributed by atoms with E-state index in [0.717, 1.165) is 5.56 Å². The van der Waals surface area contributed by atoms with Crippen LogP contribution in [0.4, 0.5) is 0 Å². The average Bonchev–Trinajstić information content (AvgIpc) is 1.90. The third-order valence-corrected chi connectivity index (χ3v) is 1.21. The molecule has 64 valence electrons. The molecule has 0 radical (unpaired) electrons. The van der Waals surface area contributed by atoms with Crippen molar-refractivity contribution in [2.75, 3.05) is 0 Å². The summed E-state index contributed by atoms with van der Waals surface area (Å²) >= 11 is 0. The zero-order valence-corrected chi connectivity index (χ0v) is 7.86. The van der Waals surface area contributed by atoms with Gasteiger partial charge in [-0.2, -0.15) is 0 Å². The second kappa shape index (κ2) is 6.40. The molecule has 0 saturated heterocycles. The molecule has 0 aliphatic rings. The van der Waals surface area contributed by atoms with Gasteiger partial charge in [-0.3, -0.25) is 4.98 Å². The number of rotatable bonds is 1. The minimum atomic E-state index is 0. The van der Waals surface area contributed by atoms with Crippen molar-refractivity contribution in [1.82, 2.24) is 4.98 Å². The molecule has 1 aromatic heterocycles. The largest absolute Gasteiger partial charge is 0.324 e. The second-order valence-electron chi connectivity index (χ2n) is 2.08. The smallest absolute Gasteiger partial charge is 0.0315 e. The van der Waals surface area contributed by atoms with Crippen molar-refractivity contribution in [3.8, 4) is 0 Å². The second-order valence-corrected chi connectivity index (χ2v) is 2.08. The molecule has 1 unspecified atom stereocenters. The standard InChI is InChI=1S/C7H10N2.2ClH/c1-6(8)7-3-2-4-9-5-7;;/h2-6H,8H2,1H3;2*1H. The Morgan fingerprint density at radius 3 is 2.36 bits per heavy atom. The molecule has 4 heteroatoms. The molecule has 1 atom stereocenters. The van der Waals surface area contributed by atoms with Gasteiger partial charge in [0.15, 0.2) is 0 Å². The number of hydrogen-bond donors (Lipinski definition) is 1. The van der Waals surface area contributed by atoms with E-state index in [9.17, 15) is 0 Å². The lowest BCUT2D eigenvalue weighted by atomic mass is 10.2. The Bertz CT molecular complexity index is 177. The van der Waals surface area contributed by atoms with E-state index in [4.69, 9.17) is 5.73 Å². The lowest BCUT2D eigenvalue weighted by Crippen LogP contribution is -2.04. The van der Waals surface area contributed by atoms with E-state index in [1.807, 2.05) is 19.1 Å². The van der Waals surface area contributed by atoms with Crippen LogP contribution in [-0.4, -0.2) is 4.98 Å². The highest BCUT2D eigenvalue weighted by Crippen LogP contribution is 2.04. The minimum absolute atomic E-state index is 0. The van der Waals surface area contributed by atoms with Crippen molar-refractivity contribution in [3.63, 3.8) is 0 Å². The van der Waals surface area contributed by atoms with Crippen LogP contribution in [-0.2, 0) is 0 Å². The van der Waals surface area contributed by atoms with Gasteiger partial charge in [-0.15, -0.1) is 24.8 Å². The molecule has 2 nitrogen and oxygen atoms in total. The maximum Gasteiger partial charge on any atom is 0.0315 e. The van der Waals surface area contributed by atoms with Gasteiger partial charge >= 0.3 is 0 Å². The number of halogens is 2. The van der Waals surface area contributed by atoms with Crippen molar-refractivity contribution in [2.24, 2.45) is 5.73 Å². The molecule has 0 aliphatic carbocycles. The molecule has 0 saturated carbocycles. The first-order valence-electron chi connectivity index (χ1n) is 2.96. The van der Waals surface area contributed by atoms with Gasteiger partial charge in [0, 0.05) is 18.4 Å². The third-order valence-electron chi connectivity index (χ3n) is 1.21. The molecule has 1 heterocycles. The first-order valence-corrected chi connectivity index (χ1v) is 2.96. The van der Waals surface area contributed by atoms with Crippen LogP contribution in [0.3, 0.4) is 0 Å². The fraction of sp³-hybridized carbons (Fsp3) is 0.286. The van der Waals surface area contributed by atoms with Crippen LogP contribution in [0.25, 0.3) is 0 Å². The quantitative estimate of drug-likeness (QED) is 0.743. The zero-order valence-electron chi connectivity index (χ0n) is 6.23. The van der Waals surface area contributed by atoms with E-state index in [1.54, 1.807) is 12.4 Å². The normalized spacial score (nSPS) is 10.7. The highest BCUT2D eigenvalue weighted by molar-refractivity contribution is 5.85. The summed E-state index contributed by atoms with van der Waals surface area (Å²) in [5.41, 5.74) is 6.65. The average molecular weight is 195 g/mol. The molecule has 0 bridgehead atoms. The molecule has 2 N–H and O–H groups in total. The number of aromatic nitrogens is 1. The number of pyridine rings is 1. The predicted molar refractivity (Wildman–Crippen MR) is 51.3 cm³/mol. The Morgan fingerprint density at radius 1 is 1.45 bits per heavy atom. The summed E-state index contributed by atoms with van der Waals surface area (Å²) in [5.74, 6) is 0. The third kappa shape index (κ3) is 4.19. The molecule has 1 rings (SSSR count). The summed E-state index contributed by atoms with van der Waals surface area (Å²) in [6.45, 7) is 1.94. The van der Waals surface area contributed by atoms with E-state index in [-0.39, 0.29) is 30.9 Å². The minimum Gasteiger partial charge on any atom is -0.324 e. The van der Waals surface area contributed by atoms with E-state index in [1.165, 1.54) is 0 Å². The lowest BCUT2D eigenvalue weighted by Gasteiger charge is -2.01. The van der Waals surface area contributed by atoms with Crippen molar-refractivity contribution >= 4 is 24.8 Å². The first kappa shape index (κ1) is 13.3. The highest BCUT2D eigenvalue weighted by Gasteiger charge is 1.94. The highest BCUT2D eigenvalue weighted by atomic mass is 35.5. The summed E-state index contributed by atoms with van der Waals surface area (Å²) in [6, 6.07) is 3.95. The molecule has 0 amide bonds. The fourth-order valence-electron chi connectivity index (χ4n) is 0.645. The monoisotopic (exact) mass is 194 g/mol. The van der Waals surface area contributed by atoms with Gasteiger partial charge in [-0.1, -0.05) is 6.07 Å². The molecule has 0 fully saturated rings. The Balaban J connectivity index is 0. The topological polar surface area (TPSA) is 38.9 Å². The van der Waals surface area contributed by atoms with Crippen LogP contribution < -0.4 is 5.73 Å². The van der Waals surface area contributed by atoms with E-state index in [0.29, 0.717) is 0 Å². The first-order chi connectivity index (χ1) is 4.30. The summed E-state index contributed by atoms with van der Waals surface area (Å²) < 4.78 is 0. The number of nitrogens with zero attached hydrogens (tertiary/aromatic N) is 1. The van der Waals surface area contributed by atoms with E-state index >= 15 is 0 Å². The van der Waals surface area contributed by atoms with Gasteiger partial charge in [0.1, 0.15) is 0 Å². The molecule has 11 heavy (non-hydrogen) atoms. The van der Waals surface area contributed by atoms with Crippen LogP contribution in [0.5, 0.6) is 0 Å². The molecular formula is C7H12Cl2N2. The van der Waals surface area contributed by atoms with Gasteiger partial charge in [-0.25, -0.2) is 0 Å². The van der Waals surface area contributed by atoms with Crippen LogP contribution >= 0.6 is 24.8 Å². The van der Waals surface area contributed by atoms with E-state index in [2.05, 4.69) is 4.98 Å². The van der Waals surface area contributed by atoms with Gasteiger partial charge in [0.2, 0.25) is 0 Å². The Kier molecular flexibility index (Phi) is 7.74. The number of nitrogens with two attached hydrogens (primary N) is 1. The molecule has 0 aliphatic heterocycles. The van der Waals surface area contributed by atoms with Crippen LogP contribution in [0.2, 0.25) is 0 Å².